The molecule has 23 N–H and O–H groups in total. The second kappa shape index (κ2) is 35.9. The smallest absolute Gasteiger partial charge is 0.255 e. The number of benzene rings is 2. The molecule has 0 saturated carbocycles. The maximum atomic E-state index is 14.4. The molecule has 3 aromatic rings. The highest BCUT2D eigenvalue weighted by Crippen LogP contribution is 2.38. The van der Waals surface area contributed by atoms with E-state index in [0.717, 1.165) is 5.56 Å². The van der Waals surface area contributed by atoms with Gasteiger partial charge >= 0.3 is 0 Å². The third-order valence-electron chi connectivity index (χ3n) is 14.2. The van der Waals surface area contributed by atoms with Gasteiger partial charge in [0.2, 0.25) is 59.1 Å². The molecule has 1 aliphatic rings. The van der Waals surface area contributed by atoms with Crippen LogP contribution in [0.4, 0.5) is 0 Å². The molecule has 482 valence electrons. The number of amides is 11. The topological polar surface area (TPSA) is 509 Å². The molecular weight excluding hydrogens is 1140 g/mol. The number of carbonyl (C=O) groups is 11. The summed E-state index contributed by atoms with van der Waals surface area (Å²) in [5, 5.41) is 43.0. The van der Waals surface area contributed by atoms with E-state index in [-0.39, 0.29) is 102 Å². The van der Waals surface area contributed by atoms with Gasteiger partial charge in [-0.2, -0.15) is 0 Å². The van der Waals surface area contributed by atoms with Crippen molar-refractivity contribution in [3.8, 4) is 11.3 Å². The first-order valence-corrected chi connectivity index (χ1v) is 29.1. The van der Waals surface area contributed by atoms with E-state index in [0.29, 0.717) is 11.3 Å². The fourth-order valence-corrected chi connectivity index (χ4v) is 9.41. The summed E-state index contributed by atoms with van der Waals surface area (Å²) < 4.78 is 0. The Morgan fingerprint density at radius 2 is 1.06 bits per heavy atom. The van der Waals surface area contributed by atoms with E-state index in [9.17, 15) is 63.0 Å². The molecule has 30 nitrogen and oxygen atoms in total. The van der Waals surface area contributed by atoms with Crippen LogP contribution in [0.5, 0.6) is 0 Å². The van der Waals surface area contributed by atoms with Gasteiger partial charge in [-0.05, 0) is 95.2 Å². The van der Waals surface area contributed by atoms with E-state index in [1.165, 1.54) is 24.1 Å². The second-order valence-corrected chi connectivity index (χ2v) is 21.8. The lowest BCUT2D eigenvalue weighted by Crippen LogP contribution is -2.62. The highest BCUT2D eigenvalue weighted by molar-refractivity contribution is 6.05. The molecule has 1 aromatic heterocycles. The van der Waals surface area contributed by atoms with Gasteiger partial charge in [0.15, 0.2) is 0 Å². The maximum absolute atomic E-state index is 14.4. The van der Waals surface area contributed by atoms with Crippen LogP contribution in [0, 0.1) is 5.92 Å². The van der Waals surface area contributed by atoms with E-state index in [1.807, 2.05) is 30.3 Å². The van der Waals surface area contributed by atoms with Crippen LogP contribution in [-0.2, 0) is 54.4 Å². The molecule has 2 heterocycles. The van der Waals surface area contributed by atoms with Crippen molar-refractivity contribution in [2.75, 3.05) is 52.4 Å². The Morgan fingerprint density at radius 3 is 1.58 bits per heavy atom. The lowest BCUT2D eigenvalue weighted by Gasteiger charge is -2.28. The Kier molecular flexibility index (Phi) is 29.4. The molecule has 0 radical (unpaired) electrons. The molecule has 1 fully saturated rings. The SMILES string of the molecule is CC(C)CC(NC(=O)C(Cc1ccccc1)NC(=O)C(CCN)NC(=O)C(CCNC(=O)CC(C)O)NC(=O)C(CN)NC(=O)C(CO)NC(=O)C1(CCN)CN1C(=O)c1ccnc(-c2ccccc2)c1)C(=O)NC(CCN)C(=O)NC(CCN)C(N)=O. The van der Waals surface area contributed by atoms with Gasteiger partial charge in [-0.25, -0.2) is 0 Å². The van der Waals surface area contributed by atoms with Crippen LogP contribution in [0.2, 0.25) is 0 Å². The van der Waals surface area contributed by atoms with E-state index in [2.05, 4.69) is 52.8 Å². The first-order chi connectivity index (χ1) is 41.9. The first-order valence-electron chi connectivity index (χ1n) is 29.1. The predicted octanol–water partition coefficient (Wildman–Crippen LogP) is -5.78. The van der Waals surface area contributed by atoms with Crippen LogP contribution >= 0.6 is 0 Å². The normalized spacial score (nSPS) is 16.5. The number of hydrogen-bond acceptors (Lipinski definition) is 19. The third-order valence-corrected chi connectivity index (χ3v) is 14.2. The molecule has 30 heteroatoms. The van der Waals surface area contributed by atoms with Crippen molar-refractivity contribution in [1.29, 1.82) is 0 Å². The van der Waals surface area contributed by atoms with Crippen LogP contribution in [-0.4, -0.2) is 197 Å². The minimum Gasteiger partial charge on any atom is -0.394 e. The van der Waals surface area contributed by atoms with E-state index < -0.39 is 138 Å². The van der Waals surface area contributed by atoms with Gasteiger partial charge < -0.3 is 97.4 Å². The predicted molar refractivity (Wildman–Crippen MR) is 322 cm³/mol. The standard InChI is InChI=1S/C58H87N17O13/c1-33(2)26-43(52(83)69-39(15-21-60)49(80)67-38(14-20-59)48(64)79)71-53(84)44(28-35-10-6-4-7-11-35)72-50(81)40(16-22-61)68-51(82)41(18-25-66-47(78)27-34(3)77)70-54(85)45(30-63)73-55(86)46(31-76)74-57(88)58(19-23-62)32-75(58)56(87)37-17-24-65-42(29-37)36-12-8-5-9-13-36/h4-13,17,24,29,33-34,38-41,43-46,76-77H,14-16,18-23,25-28,30-32,59-63H2,1-3H3,(H2,64,79)(H,66,78)(H,67,80)(H,68,82)(H,69,83)(H,70,85)(H,71,84)(H,72,81)(H,73,86)(H,74,88). The molecule has 1 saturated heterocycles. The minimum absolute atomic E-state index is 0.0188. The fraction of sp³-hybridized carbons (Fsp3) is 0.517. The Bertz CT molecular complexity index is 2850. The number of nitrogens with two attached hydrogens (primary N) is 6. The Hall–Kier alpha value is -8.52. The van der Waals surface area contributed by atoms with Gasteiger partial charge in [0.1, 0.15) is 53.9 Å². The maximum Gasteiger partial charge on any atom is 0.255 e. The number of nitrogens with zero attached hydrogens (tertiary/aromatic N) is 2. The zero-order chi connectivity index (χ0) is 65.1. The van der Waals surface area contributed by atoms with Crippen LogP contribution in [0.25, 0.3) is 11.3 Å². The van der Waals surface area contributed by atoms with Crippen LogP contribution in [0.3, 0.4) is 0 Å². The second-order valence-electron chi connectivity index (χ2n) is 21.8. The molecule has 10 atom stereocenters. The summed E-state index contributed by atoms with van der Waals surface area (Å²) in [6.07, 6.45) is -0.626. The zero-order valence-corrected chi connectivity index (χ0v) is 49.8. The van der Waals surface area contributed by atoms with Gasteiger partial charge in [0.05, 0.1) is 31.4 Å². The molecule has 0 spiro atoms. The largest absolute Gasteiger partial charge is 0.394 e. The summed E-state index contributed by atoms with van der Waals surface area (Å²) in [6, 6.07) is 9.09. The number of hydrogen-bond donors (Lipinski definition) is 17. The van der Waals surface area contributed by atoms with Crippen molar-refractivity contribution in [1.82, 2.24) is 57.7 Å². The van der Waals surface area contributed by atoms with Crippen molar-refractivity contribution in [2.24, 2.45) is 40.3 Å². The number of primary amides is 1. The van der Waals surface area contributed by atoms with Crippen molar-refractivity contribution < 1.29 is 63.0 Å². The monoisotopic (exact) mass is 1230 g/mol. The fourth-order valence-electron chi connectivity index (χ4n) is 9.41. The zero-order valence-electron chi connectivity index (χ0n) is 49.8. The van der Waals surface area contributed by atoms with E-state index >= 15 is 0 Å². The van der Waals surface area contributed by atoms with Crippen molar-refractivity contribution >= 4 is 65.0 Å². The molecule has 1 aliphatic heterocycles. The summed E-state index contributed by atoms with van der Waals surface area (Å²) in [5.74, 6) is -9.50. The minimum atomic E-state index is -1.70. The van der Waals surface area contributed by atoms with Crippen LogP contribution < -0.4 is 82.3 Å². The number of nitrogens with one attached hydrogen (secondary N) is 9. The lowest BCUT2D eigenvalue weighted by molar-refractivity contribution is -0.136. The number of aliphatic hydroxyl groups excluding tert-OH is 2. The number of aromatic nitrogens is 1. The number of pyridine rings is 1. The Morgan fingerprint density at radius 1 is 0.580 bits per heavy atom. The molecule has 4 rings (SSSR count). The molecule has 88 heavy (non-hydrogen) atoms. The van der Waals surface area contributed by atoms with Gasteiger partial charge in [0, 0.05) is 36.8 Å². The summed E-state index contributed by atoms with van der Waals surface area (Å²) >= 11 is 0. The molecule has 10 unspecified atom stereocenters. The molecule has 11 amide bonds. The Labute approximate surface area is 510 Å². The summed E-state index contributed by atoms with van der Waals surface area (Å²) in [4.78, 5) is 156. The molecular formula is C58H87N17O13. The van der Waals surface area contributed by atoms with Gasteiger partial charge in [0.25, 0.3) is 5.91 Å². The average Bonchev–Trinajstić information content (AvgIpc) is 1.68. The van der Waals surface area contributed by atoms with Crippen molar-refractivity contribution in [3.63, 3.8) is 0 Å². The number of carbonyl (C=O) groups excluding carboxylic acids is 11. The summed E-state index contributed by atoms with van der Waals surface area (Å²) in [7, 11) is 0. The molecule has 2 aromatic carbocycles. The highest BCUT2D eigenvalue weighted by atomic mass is 16.3. The molecule has 0 aliphatic carbocycles. The van der Waals surface area contributed by atoms with Crippen LogP contribution in [0.15, 0.2) is 79.0 Å². The Balaban J connectivity index is 1.53. The van der Waals surface area contributed by atoms with Crippen molar-refractivity contribution in [3.05, 3.63) is 90.1 Å². The molecule has 0 bridgehead atoms. The van der Waals surface area contributed by atoms with Gasteiger partial charge in [-0.3, -0.25) is 57.7 Å². The number of rotatable bonds is 38. The first kappa shape index (κ1) is 72.0. The van der Waals surface area contributed by atoms with Gasteiger partial charge in [-0.1, -0.05) is 74.5 Å². The quantitative estimate of drug-likeness (QED) is 0.0238. The van der Waals surface area contributed by atoms with E-state index in [1.54, 1.807) is 50.2 Å². The summed E-state index contributed by atoms with van der Waals surface area (Å²) in [5.41, 5.74) is 35.2. The third kappa shape index (κ3) is 22.0. The lowest BCUT2D eigenvalue weighted by atomic mass is 10.00. The number of aliphatic hydroxyl groups is 2. The summed E-state index contributed by atoms with van der Waals surface area (Å²) in [6.45, 7) is 2.72. The van der Waals surface area contributed by atoms with Crippen LogP contribution in [0.1, 0.15) is 81.6 Å². The average molecular weight is 1230 g/mol. The van der Waals surface area contributed by atoms with E-state index in [4.69, 9.17) is 34.4 Å². The van der Waals surface area contributed by atoms with Crippen molar-refractivity contribution in [2.45, 2.75) is 132 Å². The highest BCUT2D eigenvalue weighted by Gasteiger charge is 2.60. The van der Waals surface area contributed by atoms with Gasteiger partial charge in [-0.15, -0.1) is 0 Å².